The number of nitrogens with zero attached hydrogens (tertiary/aromatic N) is 2. The first-order valence-electron chi connectivity index (χ1n) is 9.92. The largest absolute Gasteiger partial charge is 0.478 e. The number of hydrogen-bond donors (Lipinski definition) is 1. The fourth-order valence-corrected chi connectivity index (χ4v) is 4.08. The molecule has 1 aliphatic heterocycles. The first-order valence-corrected chi connectivity index (χ1v) is 9.92. The molecule has 0 radical (unpaired) electrons. The zero-order valence-corrected chi connectivity index (χ0v) is 15.9. The summed E-state index contributed by atoms with van der Waals surface area (Å²) in [6, 6.07) is 1.31. The van der Waals surface area contributed by atoms with Gasteiger partial charge in [0, 0.05) is 45.1 Å². The molecule has 3 rings (SSSR count). The highest BCUT2D eigenvalue weighted by molar-refractivity contribution is 5.96. The number of furan rings is 1. The van der Waals surface area contributed by atoms with Crippen LogP contribution >= 0.6 is 0 Å². The quantitative estimate of drug-likeness (QED) is 0.824. The summed E-state index contributed by atoms with van der Waals surface area (Å²) in [7, 11) is 0. The number of carbonyl (C=O) groups is 3. The number of piperazine rings is 1. The molecule has 0 aromatic carbocycles. The summed E-state index contributed by atoms with van der Waals surface area (Å²) in [5, 5.41) is 9.20. The van der Waals surface area contributed by atoms with Gasteiger partial charge in [-0.3, -0.25) is 9.59 Å². The molecule has 1 N–H and O–H groups in total. The van der Waals surface area contributed by atoms with E-state index in [-0.39, 0.29) is 23.1 Å². The number of rotatable bonds is 6. The summed E-state index contributed by atoms with van der Waals surface area (Å²) >= 11 is 0. The molecule has 0 atom stereocenters. The minimum atomic E-state index is -1.09. The molecule has 2 amide bonds. The first kappa shape index (κ1) is 19.5. The molecular formula is C20H28N2O5. The van der Waals surface area contributed by atoms with Crippen LogP contribution < -0.4 is 0 Å². The number of carboxylic acid groups (broad SMARTS) is 1. The lowest BCUT2D eigenvalue weighted by molar-refractivity contribution is -0.133. The lowest BCUT2D eigenvalue weighted by Gasteiger charge is -2.34. The van der Waals surface area contributed by atoms with Gasteiger partial charge in [-0.1, -0.05) is 32.6 Å². The maximum atomic E-state index is 12.6. The van der Waals surface area contributed by atoms with Gasteiger partial charge in [0.05, 0.1) is 0 Å². The summed E-state index contributed by atoms with van der Waals surface area (Å²) in [5.74, 6) is -0.153. The molecule has 2 fully saturated rings. The van der Waals surface area contributed by atoms with Crippen molar-refractivity contribution in [1.82, 2.24) is 9.80 Å². The van der Waals surface area contributed by atoms with Crippen LogP contribution in [0, 0.1) is 5.92 Å². The Labute approximate surface area is 159 Å². The van der Waals surface area contributed by atoms with E-state index in [4.69, 9.17) is 4.42 Å². The Hall–Kier alpha value is -2.31. The van der Waals surface area contributed by atoms with Crippen molar-refractivity contribution in [3.05, 3.63) is 23.2 Å². The molecule has 7 heteroatoms. The summed E-state index contributed by atoms with van der Waals surface area (Å²) in [5.41, 5.74) is 0.0431. The van der Waals surface area contributed by atoms with E-state index in [2.05, 4.69) is 0 Å². The summed E-state index contributed by atoms with van der Waals surface area (Å²) in [4.78, 5) is 39.7. The molecule has 0 bridgehead atoms. The molecule has 1 aromatic heterocycles. The van der Waals surface area contributed by atoms with Crippen molar-refractivity contribution >= 4 is 17.8 Å². The van der Waals surface area contributed by atoms with Gasteiger partial charge in [0.1, 0.15) is 11.3 Å². The Morgan fingerprint density at radius 3 is 2.30 bits per heavy atom. The molecule has 1 saturated carbocycles. The van der Waals surface area contributed by atoms with Crippen LogP contribution in [0.4, 0.5) is 0 Å². The third kappa shape index (κ3) is 4.51. The van der Waals surface area contributed by atoms with Gasteiger partial charge >= 0.3 is 5.97 Å². The van der Waals surface area contributed by atoms with Crippen LogP contribution in [-0.2, 0) is 11.2 Å². The molecule has 2 aliphatic rings. The third-order valence-electron chi connectivity index (χ3n) is 5.73. The zero-order valence-electron chi connectivity index (χ0n) is 15.9. The Balaban J connectivity index is 1.51. The second-order valence-corrected chi connectivity index (χ2v) is 7.47. The number of carbonyl (C=O) groups excluding carboxylic acids is 2. The first-order chi connectivity index (χ1) is 13.0. The maximum Gasteiger partial charge on any atom is 0.339 e. The van der Waals surface area contributed by atoms with Crippen LogP contribution in [0.3, 0.4) is 0 Å². The number of carboxylic acids is 1. The van der Waals surface area contributed by atoms with Crippen molar-refractivity contribution in [2.24, 2.45) is 5.92 Å². The molecule has 1 aromatic rings. The predicted molar refractivity (Wildman–Crippen MR) is 98.7 cm³/mol. The van der Waals surface area contributed by atoms with Gasteiger partial charge in [-0.05, 0) is 12.3 Å². The van der Waals surface area contributed by atoms with Crippen molar-refractivity contribution in [3.63, 3.8) is 0 Å². The van der Waals surface area contributed by atoms with E-state index in [1.165, 1.54) is 31.7 Å². The van der Waals surface area contributed by atoms with Crippen LogP contribution in [0.25, 0.3) is 0 Å². The maximum absolute atomic E-state index is 12.6. The van der Waals surface area contributed by atoms with Gasteiger partial charge in [0.15, 0.2) is 5.76 Å². The minimum Gasteiger partial charge on any atom is -0.478 e. The molecule has 7 nitrogen and oxygen atoms in total. The SMILES string of the molecule is CCc1oc(C(=O)N2CCN(C(=O)CCC3CCCC3)CC2)cc1C(=O)O. The average Bonchev–Trinajstić information content (AvgIpc) is 3.35. The molecule has 1 aliphatic carbocycles. The summed E-state index contributed by atoms with van der Waals surface area (Å²) in [6.45, 7) is 3.71. The second kappa shape index (κ2) is 8.59. The monoisotopic (exact) mass is 376 g/mol. The Morgan fingerprint density at radius 2 is 1.74 bits per heavy atom. The van der Waals surface area contributed by atoms with Crippen LogP contribution in [0.2, 0.25) is 0 Å². The molecule has 0 spiro atoms. The van der Waals surface area contributed by atoms with Gasteiger partial charge in [-0.2, -0.15) is 0 Å². The van der Waals surface area contributed by atoms with E-state index in [0.29, 0.717) is 50.7 Å². The standard InChI is InChI=1S/C20H28N2O5/c1-2-16-15(20(25)26)13-17(27-16)19(24)22-11-9-21(10-12-22)18(23)8-7-14-5-3-4-6-14/h13-14H,2-12H2,1H3,(H,25,26). The van der Waals surface area contributed by atoms with Crippen LogP contribution in [0.15, 0.2) is 10.5 Å². The highest BCUT2D eigenvalue weighted by Gasteiger charge is 2.28. The zero-order chi connectivity index (χ0) is 19.4. The van der Waals surface area contributed by atoms with E-state index >= 15 is 0 Å². The number of amides is 2. The van der Waals surface area contributed by atoms with Crippen molar-refractivity contribution in [3.8, 4) is 0 Å². The van der Waals surface area contributed by atoms with E-state index in [1.54, 1.807) is 11.8 Å². The normalized spacial score (nSPS) is 18.1. The van der Waals surface area contributed by atoms with Gasteiger partial charge in [-0.15, -0.1) is 0 Å². The number of aromatic carboxylic acids is 1. The summed E-state index contributed by atoms with van der Waals surface area (Å²) in [6.07, 6.45) is 7.05. The molecule has 1 saturated heterocycles. The van der Waals surface area contributed by atoms with E-state index < -0.39 is 5.97 Å². The number of aryl methyl sites for hydroxylation is 1. The van der Waals surface area contributed by atoms with E-state index in [9.17, 15) is 19.5 Å². The topological polar surface area (TPSA) is 91.1 Å². The van der Waals surface area contributed by atoms with Crippen molar-refractivity contribution < 1.29 is 23.9 Å². The van der Waals surface area contributed by atoms with Crippen LogP contribution in [0.5, 0.6) is 0 Å². The molecule has 0 unspecified atom stereocenters. The van der Waals surface area contributed by atoms with Gasteiger partial charge in [0.2, 0.25) is 5.91 Å². The lowest BCUT2D eigenvalue weighted by Crippen LogP contribution is -2.50. The minimum absolute atomic E-state index is 0.0431. The van der Waals surface area contributed by atoms with E-state index in [0.717, 1.165) is 6.42 Å². The Morgan fingerprint density at radius 1 is 1.11 bits per heavy atom. The highest BCUT2D eigenvalue weighted by Crippen LogP contribution is 2.28. The van der Waals surface area contributed by atoms with Crippen molar-refractivity contribution in [1.29, 1.82) is 0 Å². The van der Waals surface area contributed by atoms with Crippen molar-refractivity contribution in [2.75, 3.05) is 26.2 Å². The third-order valence-corrected chi connectivity index (χ3v) is 5.73. The molecule has 27 heavy (non-hydrogen) atoms. The average molecular weight is 376 g/mol. The highest BCUT2D eigenvalue weighted by atomic mass is 16.4. The number of hydrogen-bond acceptors (Lipinski definition) is 4. The predicted octanol–water partition coefficient (Wildman–Crippen LogP) is 2.80. The van der Waals surface area contributed by atoms with Crippen molar-refractivity contribution in [2.45, 2.75) is 51.9 Å². The Kier molecular flexibility index (Phi) is 6.19. The second-order valence-electron chi connectivity index (χ2n) is 7.47. The van der Waals surface area contributed by atoms with E-state index in [1.807, 2.05) is 4.90 Å². The fraction of sp³-hybridized carbons (Fsp3) is 0.650. The van der Waals surface area contributed by atoms with Gasteiger partial charge in [0.25, 0.3) is 5.91 Å². The van der Waals surface area contributed by atoms with Crippen LogP contribution in [0.1, 0.15) is 72.1 Å². The smallest absolute Gasteiger partial charge is 0.339 e. The molecular weight excluding hydrogens is 348 g/mol. The van der Waals surface area contributed by atoms with Gasteiger partial charge < -0.3 is 19.3 Å². The summed E-state index contributed by atoms with van der Waals surface area (Å²) < 4.78 is 5.46. The molecule has 148 valence electrons. The Bertz CT molecular complexity index is 697. The fourth-order valence-electron chi connectivity index (χ4n) is 4.08. The van der Waals surface area contributed by atoms with Gasteiger partial charge in [-0.25, -0.2) is 4.79 Å². The lowest BCUT2D eigenvalue weighted by atomic mass is 10.0. The molecule has 2 heterocycles. The van der Waals surface area contributed by atoms with Crippen LogP contribution in [-0.4, -0.2) is 58.9 Å².